The number of halogens is 1. The molecule has 0 saturated carbocycles. The Labute approximate surface area is 125 Å². The summed E-state index contributed by atoms with van der Waals surface area (Å²) >= 11 is 0. The van der Waals surface area contributed by atoms with E-state index in [1.54, 1.807) is 6.34 Å². The fraction of sp³-hybridized carbons (Fsp3) is 0.235. The molecular weight excluding hydrogens is 265 g/mol. The molecular formula is C17H20FN3. The van der Waals surface area contributed by atoms with Gasteiger partial charge in [0.1, 0.15) is 5.82 Å². The van der Waals surface area contributed by atoms with E-state index < -0.39 is 0 Å². The number of benzene rings is 2. The average molecular weight is 285 g/mol. The highest BCUT2D eigenvalue weighted by molar-refractivity contribution is 5.72. The number of rotatable bonds is 5. The van der Waals surface area contributed by atoms with Gasteiger partial charge in [0.15, 0.2) is 0 Å². The summed E-state index contributed by atoms with van der Waals surface area (Å²) in [5.41, 5.74) is 3.20. The highest BCUT2D eigenvalue weighted by atomic mass is 19.1. The predicted molar refractivity (Wildman–Crippen MR) is 87.3 cm³/mol. The number of anilines is 2. The number of hydrogen-bond donors (Lipinski definition) is 1. The first-order valence-corrected chi connectivity index (χ1v) is 6.96. The third-order valence-corrected chi connectivity index (χ3v) is 3.29. The van der Waals surface area contributed by atoms with Gasteiger partial charge in [-0.3, -0.25) is 0 Å². The number of para-hydroxylation sites is 1. The van der Waals surface area contributed by atoms with E-state index in [1.165, 1.54) is 12.1 Å². The summed E-state index contributed by atoms with van der Waals surface area (Å²) in [6.07, 6.45) is 1.72. The first-order valence-electron chi connectivity index (χ1n) is 6.96. The van der Waals surface area contributed by atoms with Crippen molar-refractivity contribution in [2.75, 3.05) is 18.9 Å². The third kappa shape index (κ3) is 4.05. The molecule has 3 nitrogen and oxygen atoms in total. The highest BCUT2D eigenvalue weighted by Crippen LogP contribution is 2.29. The maximum Gasteiger partial charge on any atom is 0.127 e. The SMILES string of the molecule is CCN(C)/C=N/c1cc(F)cc(Nc2ccccc2)c1C. The smallest absolute Gasteiger partial charge is 0.127 e. The Morgan fingerprint density at radius 2 is 1.95 bits per heavy atom. The van der Waals surface area contributed by atoms with Gasteiger partial charge in [-0.1, -0.05) is 18.2 Å². The summed E-state index contributed by atoms with van der Waals surface area (Å²) in [4.78, 5) is 6.30. The molecule has 2 aromatic rings. The molecule has 2 rings (SSSR count). The fourth-order valence-corrected chi connectivity index (χ4v) is 1.85. The molecule has 0 heterocycles. The van der Waals surface area contributed by atoms with Crippen LogP contribution in [0.3, 0.4) is 0 Å². The number of hydrogen-bond acceptors (Lipinski definition) is 2. The third-order valence-electron chi connectivity index (χ3n) is 3.29. The lowest BCUT2D eigenvalue weighted by Crippen LogP contribution is -2.14. The summed E-state index contributed by atoms with van der Waals surface area (Å²) in [5, 5.41) is 3.23. The van der Waals surface area contributed by atoms with E-state index in [-0.39, 0.29) is 5.82 Å². The number of nitrogens with zero attached hydrogens (tertiary/aromatic N) is 2. The zero-order chi connectivity index (χ0) is 15.2. The maximum absolute atomic E-state index is 13.8. The van der Waals surface area contributed by atoms with Crippen molar-refractivity contribution >= 4 is 23.4 Å². The van der Waals surface area contributed by atoms with E-state index in [2.05, 4.69) is 10.3 Å². The quantitative estimate of drug-likeness (QED) is 0.647. The maximum atomic E-state index is 13.8. The fourth-order valence-electron chi connectivity index (χ4n) is 1.85. The van der Waals surface area contributed by atoms with Crippen LogP contribution in [0.1, 0.15) is 12.5 Å². The van der Waals surface area contributed by atoms with Gasteiger partial charge in [0.25, 0.3) is 0 Å². The van der Waals surface area contributed by atoms with Gasteiger partial charge in [0.2, 0.25) is 0 Å². The Balaban J connectivity index is 2.30. The lowest BCUT2D eigenvalue weighted by atomic mass is 10.1. The van der Waals surface area contributed by atoms with E-state index in [0.29, 0.717) is 5.69 Å². The topological polar surface area (TPSA) is 27.6 Å². The molecule has 0 spiro atoms. The van der Waals surface area contributed by atoms with Crippen molar-refractivity contribution in [3.63, 3.8) is 0 Å². The van der Waals surface area contributed by atoms with Gasteiger partial charge >= 0.3 is 0 Å². The molecule has 0 aromatic heterocycles. The molecule has 0 saturated heterocycles. The van der Waals surface area contributed by atoms with Crippen molar-refractivity contribution in [2.45, 2.75) is 13.8 Å². The van der Waals surface area contributed by atoms with Gasteiger partial charge in [-0.2, -0.15) is 0 Å². The van der Waals surface area contributed by atoms with Crippen molar-refractivity contribution in [2.24, 2.45) is 4.99 Å². The number of aliphatic imine (C=N–C) groups is 1. The van der Waals surface area contributed by atoms with Crippen LogP contribution >= 0.6 is 0 Å². The largest absolute Gasteiger partial charge is 0.366 e. The summed E-state index contributed by atoms with van der Waals surface area (Å²) < 4.78 is 13.8. The second-order valence-electron chi connectivity index (χ2n) is 4.91. The Kier molecular flexibility index (Phi) is 4.93. The van der Waals surface area contributed by atoms with Crippen LogP contribution in [0.5, 0.6) is 0 Å². The lowest BCUT2D eigenvalue weighted by molar-refractivity contribution is 0.552. The highest BCUT2D eigenvalue weighted by Gasteiger charge is 2.07. The summed E-state index contributed by atoms with van der Waals surface area (Å²) in [7, 11) is 1.93. The molecule has 21 heavy (non-hydrogen) atoms. The number of nitrogens with one attached hydrogen (secondary N) is 1. The van der Waals surface area contributed by atoms with Gasteiger partial charge in [-0.15, -0.1) is 0 Å². The molecule has 0 unspecified atom stereocenters. The van der Waals surface area contributed by atoms with E-state index in [4.69, 9.17) is 0 Å². The first kappa shape index (κ1) is 15.0. The van der Waals surface area contributed by atoms with Crippen molar-refractivity contribution in [3.05, 3.63) is 53.8 Å². The van der Waals surface area contributed by atoms with Gasteiger partial charge in [-0.05, 0) is 43.7 Å². The van der Waals surface area contributed by atoms with E-state index in [9.17, 15) is 4.39 Å². The summed E-state index contributed by atoms with van der Waals surface area (Å²) in [5.74, 6) is -0.301. The molecule has 0 radical (unpaired) electrons. The molecule has 0 aliphatic carbocycles. The van der Waals surface area contributed by atoms with Gasteiger partial charge in [0.05, 0.1) is 12.0 Å². The second-order valence-corrected chi connectivity index (χ2v) is 4.91. The van der Waals surface area contributed by atoms with Crippen molar-refractivity contribution in [1.29, 1.82) is 0 Å². The zero-order valence-corrected chi connectivity index (χ0v) is 12.6. The molecule has 2 aromatic carbocycles. The van der Waals surface area contributed by atoms with Gasteiger partial charge in [0, 0.05) is 25.0 Å². The van der Waals surface area contributed by atoms with Crippen molar-refractivity contribution in [1.82, 2.24) is 4.90 Å². The molecule has 0 fully saturated rings. The van der Waals surface area contributed by atoms with E-state index in [1.807, 2.05) is 56.1 Å². The standard InChI is InChI=1S/C17H20FN3/c1-4-21(3)12-19-16-10-14(18)11-17(13(16)2)20-15-8-6-5-7-9-15/h5-12,20H,4H2,1-3H3/b19-12+. The van der Waals surface area contributed by atoms with E-state index >= 15 is 0 Å². The monoisotopic (exact) mass is 285 g/mol. The second kappa shape index (κ2) is 6.88. The predicted octanol–water partition coefficient (Wildman–Crippen LogP) is 4.49. The Morgan fingerprint density at radius 1 is 1.24 bits per heavy atom. The minimum absolute atomic E-state index is 0.301. The summed E-state index contributed by atoms with van der Waals surface area (Å²) in [6, 6.07) is 12.6. The Morgan fingerprint density at radius 3 is 2.62 bits per heavy atom. The molecule has 0 bridgehead atoms. The normalized spacial score (nSPS) is 10.9. The van der Waals surface area contributed by atoms with Gasteiger partial charge < -0.3 is 10.2 Å². The zero-order valence-electron chi connectivity index (χ0n) is 12.6. The minimum atomic E-state index is -0.301. The van der Waals surface area contributed by atoms with Crippen LogP contribution in [0.2, 0.25) is 0 Å². The van der Waals surface area contributed by atoms with Crippen molar-refractivity contribution < 1.29 is 4.39 Å². The van der Waals surface area contributed by atoms with E-state index in [0.717, 1.165) is 23.5 Å². The molecule has 0 amide bonds. The molecule has 1 N–H and O–H groups in total. The summed E-state index contributed by atoms with van der Waals surface area (Å²) in [6.45, 7) is 4.82. The van der Waals surface area contributed by atoms with Crippen LogP contribution in [0.25, 0.3) is 0 Å². The van der Waals surface area contributed by atoms with Crippen LogP contribution in [-0.2, 0) is 0 Å². The minimum Gasteiger partial charge on any atom is -0.366 e. The average Bonchev–Trinajstić information content (AvgIpc) is 2.49. The Bertz CT molecular complexity index is 623. The van der Waals surface area contributed by atoms with Crippen LogP contribution < -0.4 is 5.32 Å². The van der Waals surface area contributed by atoms with Crippen LogP contribution in [0.4, 0.5) is 21.5 Å². The van der Waals surface area contributed by atoms with Crippen molar-refractivity contribution in [3.8, 4) is 0 Å². The lowest BCUT2D eigenvalue weighted by Gasteiger charge is -2.13. The van der Waals surface area contributed by atoms with Crippen LogP contribution in [0.15, 0.2) is 47.5 Å². The molecule has 0 aliphatic heterocycles. The van der Waals surface area contributed by atoms with Gasteiger partial charge in [-0.25, -0.2) is 9.38 Å². The molecule has 0 aliphatic rings. The first-order chi connectivity index (χ1) is 10.1. The molecule has 110 valence electrons. The molecule has 0 atom stereocenters. The van der Waals surface area contributed by atoms with Crippen LogP contribution in [-0.4, -0.2) is 24.8 Å². The molecule has 4 heteroatoms. The van der Waals surface area contributed by atoms with Crippen LogP contribution in [0, 0.1) is 12.7 Å². The Hall–Kier alpha value is -2.36.